The van der Waals surface area contributed by atoms with Crippen molar-refractivity contribution in [2.24, 2.45) is 0 Å². The third kappa shape index (κ3) is 4.68. The molecule has 0 aliphatic rings. The van der Waals surface area contributed by atoms with Gasteiger partial charge < -0.3 is 0 Å². The number of hydrogen-bond acceptors (Lipinski definition) is 0. The summed E-state index contributed by atoms with van der Waals surface area (Å²) in [6, 6.07) is 6.77. The van der Waals surface area contributed by atoms with E-state index in [1.165, 1.54) is 68.1 Å². The van der Waals surface area contributed by atoms with E-state index < -0.39 is 0 Å². The molecule has 100 valence electrons. The molecule has 0 aromatic heterocycles. The fourth-order valence-corrected chi connectivity index (χ4v) is 2.50. The second-order valence-corrected chi connectivity index (χ2v) is 5.11. The van der Waals surface area contributed by atoms with E-state index in [9.17, 15) is 0 Å². The third-order valence-electron chi connectivity index (χ3n) is 3.59. The summed E-state index contributed by atoms with van der Waals surface area (Å²) in [7, 11) is 0. The van der Waals surface area contributed by atoms with Gasteiger partial charge >= 0.3 is 0 Å². The number of benzene rings is 1. The van der Waals surface area contributed by atoms with Crippen molar-refractivity contribution in [1.29, 1.82) is 0 Å². The Morgan fingerprint density at radius 3 is 1.78 bits per heavy atom. The molecule has 1 aromatic rings. The van der Waals surface area contributed by atoms with Crippen LogP contribution in [0.25, 0.3) is 6.08 Å². The Morgan fingerprint density at radius 1 is 0.889 bits per heavy atom. The van der Waals surface area contributed by atoms with Gasteiger partial charge in [-0.3, -0.25) is 0 Å². The fraction of sp³-hybridized carbons (Fsp3) is 0.556. The van der Waals surface area contributed by atoms with Crippen molar-refractivity contribution in [2.45, 2.75) is 65.2 Å². The summed E-state index contributed by atoms with van der Waals surface area (Å²) in [6.07, 6.45) is 12.3. The Morgan fingerprint density at radius 2 is 1.39 bits per heavy atom. The molecule has 0 amide bonds. The molecule has 0 heteroatoms. The Labute approximate surface area is 113 Å². The van der Waals surface area contributed by atoms with Crippen LogP contribution in [-0.4, -0.2) is 0 Å². The zero-order chi connectivity index (χ0) is 13.2. The lowest BCUT2D eigenvalue weighted by Crippen LogP contribution is -1.96. The monoisotopic (exact) mass is 244 g/mol. The summed E-state index contributed by atoms with van der Waals surface area (Å²) in [5.74, 6) is 0. The van der Waals surface area contributed by atoms with Crippen molar-refractivity contribution in [3.05, 3.63) is 41.5 Å². The molecule has 0 saturated heterocycles. The molecule has 0 atom stereocenters. The Kier molecular flexibility index (Phi) is 7.48. The van der Waals surface area contributed by atoms with Gasteiger partial charge in [-0.05, 0) is 42.4 Å². The van der Waals surface area contributed by atoms with Crippen LogP contribution < -0.4 is 0 Å². The summed E-state index contributed by atoms with van der Waals surface area (Å²) in [4.78, 5) is 0. The van der Waals surface area contributed by atoms with Gasteiger partial charge in [-0.2, -0.15) is 0 Å². The summed E-state index contributed by atoms with van der Waals surface area (Å²) >= 11 is 0. The molecule has 0 spiro atoms. The van der Waals surface area contributed by atoms with Gasteiger partial charge in [0.25, 0.3) is 0 Å². The average Bonchev–Trinajstić information content (AvgIpc) is 2.39. The molecular formula is C18H28. The molecule has 0 heterocycles. The molecule has 18 heavy (non-hydrogen) atoms. The van der Waals surface area contributed by atoms with Gasteiger partial charge in [0.2, 0.25) is 0 Å². The van der Waals surface area contributed by atoms with Gasteiger partial charge in [0.05, 0.1) is 0 Å². The van der Waals surface area contributed by atoms with Crippen LogP contribution in [0.15, 0.2) is 24.8 Å². The second-order valence-electron chi connectivity index (χ2n) is 5.11. The quantitative estimate of drug-likeness (QED) is 0.482. The van der Waals surface area contributed by atoms with Crippen molar-refractivity contribution < 1.29 is 0 Å². The number of unbranched alkanes of at least 4 members (excludes halogenated alkanes) is 4. The van der Waals surface area contributed by atoms with Crippen molar-refractivity contribution >= 4 is 6.08 Å². The normalized spacial score (nSPS) is 10.6. The standard InChI is InChI=1S/C18H28/c1-4-7-9-12-16-14-11-15-17(18(16)6-3)13-10-8-5-2/h6,11,14-15H,3-5,7-10,12-13H2,1-2H3. The summed E-state index contributed by atoms with van der Waals surface area (Å²) < 4.78 is 0. The topological polar surface area (TPSA) is 0 Å². The lowest BCUT2D eigenvalue weighted by molar-refractivity contribution is 0.707. The fourth-order valence-electron chi connectivity index (χ4n) is 2.50. The van der Waals surface area contributed by atoms with Crippen LogP contribution in [0.3, 0.4) is 0 Å². The van der Waals surface area contributed by atoms with Crippen molar-refractivity contribution in [3.8, 4) is 0 Å². The Bertz CT molecular complexity index is 321. The first-order valence-corrected chi connectivity index (χ1v) is 7.56. The molecule has 0 radical (unpaired) electrons. The van der Waals surface area contributed by atoms with E-state index in [2.05, 4.69) is 44.7 Å². The van der Waals surface area contributed by atoms with Crippen molar-refractivity contribution in [3.63, 3.8) is 0 Å². The van der Waals surface area contributed by atoms with Crippen molar-refractivity contribution in [1.82, 2.24) is 0 Å². The molecule has 1 rings (SSSR count). The highest BCUT2D eigenvalue weighted by Gasteiger charge is 2.05. The lowest BCUT2D eigenvalue weighted by Gasteiger charge is -2.11. The van der Waals surface area contributed by atoms with Crippen LogP contribution in [0.5, 0.6) is 0 Å². The molecule has 0 saturated carbocycles. The average molecular weight is 244 g/mol. The van der Waals surface area contributed by atoms with Gasteiger partial charge in [0.15, 0.2) is 0 Å². The van der Waals surface area contributed by atoms with E-state index in [1.807, 2.05) is 0 Å². The molecule has 0 aliphatic heterocycles. The highest BCUT2D eigenvalue weighted by molar-refractivity contribution is 5.56. The molecule has 0 bridgehead atoms. The number of aryl methyl sites for hydroxylation is 2. The van der Waals surface area contributed by atoms with Crippen LogP contribution in [0.2, 0.25) is 0 Å². The van der Waals surface area contributed by atoms with Crippen LogP contribution in [0, 0.1) is 0 Å². The van der Waals surface area contributed by atoms with E-state index in [0.29, 0.717) is 0 Å². The Hall–Kier alpha value is -1.04. The zero-order valence-corrected chi connectivity index (χ0v) is 12.2. The summed E-state index contributed by atoms with van der Waals surface area (Å²) in [5.41, 5.74) is 4.39. The maximum absolute atomic E-state index is 4.01. The zero-order valence-electron chi connectivity index (χ0n) is 12.2. The first-order valence-electron chi connectivity index (χ1n) is 7.56. The predicted octanol–water partition coefficient (Wildman–Crippen LogP) is 5.80. The van der Waals surface area contributed by atoms with Gasteiger partial charge in [-0.15, -0.1) is 0 Å². The highest BCUT2D eigenvalue weighted by Crippen LogP contribution is 2.21. The molecule has 0 nitrogen and oxygen atoms in total. The van der Waals surface area contributed by atoms with Crippen molar-refractivity contribution in [2.75, 3.05) is 0 Å². The molecule has 0 aliphatic carbocycles. The van der Waals surface area contributed by atoms with Crippen LogP contribution in [0.4, 0.5) is 0 Å². The minimum Gasteiger partial charge on any atom is -0.0984 e. The molecule has 1 aromatic carbocycles. The van der Waals surface area contributed by atoms with E-state index in [0.717, 1.165) is 0 Å². The summed E-state index contributed by atoms with van der Waals surface area (Å²) in [5, 5.41) is 0. The Balaban J connectivity index is 2.71. The summed E-state index contributed by atoms with van der Waals surface area (Å²) in [6.45, 7) is 8.53. The van der Waals surface area contributed by atoms with E-state index >= 15 is 0 Å². The van der Waals surface area contributed by atoms with E-state index in [-0.39, 0.29) is 0 Å². The number of rotatable bonds is 9. The van der Waals surface area contributed by atoms with Crippen LogP contribution in [0.1, 0.15) is 69.1 Å². The van der Waals surface area contributed by atoms with Crippen LogP contribution in [-0.2, 0) is 12.8 Å². The van der Waals surface area contributed by atoms with Crippen LogP contribution >= 0.6 is 0 Å². The molecule has 0 unspecified atom stereocenters. The first kappa shape index (κ1) is 15.0. The first-order chi connectivity index (χ1) is 8.83. The van der Waals surface area contributed by atoms with E-state index in [1.54, 1.807) is 0 Å². The third-order valence-corrected chi connectivity index (χ3v) is 3.59. The minimum atomic E-state index is 1.21. The largest absolute Gasteiger partial charge is 0.0984 e. The van der Waals surface area contributed by atoms with Gasteiger partial charge in [-0.1, -0.05) is 70.4 Å². The van der Waals surface area contributed by atoms with E-state index in [4.69, 9.17) is 0 Å². The highest BCUT2D eigenvalue weighted by atomic mass is 14.1. The lowest BCUT2D eigenvalue weighted by atomic mass is 9.94. The number of hydrogen-bond donors (Lipinski definition) is 0. The minimum absolute atomic E-state index is 1.21. The molecule has 0 N–H and O–H groups in total. The molecule has 0 fully saturated rings. The SMILES string of the molecule is C=Cc1c(CCCCC)cccc1CCCCC. The maximum Gasteiger partial charge on any atom is -0.0198 e. The second kappa shape index (κ2) is 8.97. The van der Waals surface area contributed by atoms with Gasteiger partial charge in [-0.25, -0.2) is 0 Å². The van der Waals surface area contributed by atoms with Gasteiger partial charge in [0, 0.05) is 0 Å². The smallest absolute Gasteiger partial charge is 0.0198 e. The van der Waals surface area contributed by atoms with Gasteiger partial charge in [0.1, 0.15) is 0 Å². The predicted molar refractivity (Wildman–Crippen MR) is 83.0 cm³/mol. The molecular weight excluding hydrogens is 216 g/mol. The maximum atomic E-state index is 4.01.